The number of anilines is 1. The Morgan fingerprint density at radius 2 is 1.85 bits per heavy atom. The molecule has 0 spiro atoms. The first-order valence-electron chi connectivity index (χ1n) is 8.82. The number of fused-ring (bicyclic) bond motifs is 2. The number of aryl methyl sites for hydroxylation is 1. The van der Waals surface area contributed by atoms with Crippen LogP contribution in [0.5, 0.6) is 0 Å². The van der Waals surface area contributed by atoms with Crippen LogP contribution >= 0.6 is 11.3 Å². The maximum Gasteiger partial charge on any atom is 0.262 e. The highest BCUT2D eigenvalue weighted by Crippen LogP contribution is 2.44. The zero-order valence-electron chi connectivity index (χ0n) is 16.0. The van der Waals surface area contributed by atoms with Crippen molar-refractivity contribution in [3.05, 3.63) is 58.6 Å². The SMILES string of the molecule is CC1N(C)c2ccc(/C=C/c3sc4ccccc4[n+]3C)cc2C1(C)C.[I-]. The number of hydrogen-bond acceptors (Lipinski definition) is 2. The Kier molecular flexibility index (Phi) is 5.19. The lowest BCUT2D eigenvalue weighted by Gasteiger charge is -2.28. The van der Waals surface area contributed by atoms with E-state index in [9.17, 15) is 0 Å². The van der Waals surface area contributed by atoms with Crippen LogP contribution in [0.4, 0.5) is 5.69 Å². The van der Waals surface area contributed by atoms with Gasteiger partial charge < -0.3 is 28.9 Å². The average molecular weight is 476 g/mol. The summed E-state index contributed by atoms with van der Waals surface area (Å²) in [5.41, 5.74) is 5.55. The van der Waals surface area contributed by atoms with Gasteiger partial charge in [0.2, 0.25) is 5.52 Å². The summed E-state index contributed by atoms with van der Waals surface area (Å²) in [4.78, 5) is 2.40. The van der Waals surface area contributed by atoms with Gasteiger partial charge in [0.25, 0.3) is 5.01 Å². The zero-order valence-corrected chi connectivity index (χ0v) is 18.9. The molecule has 4 rings (SSSR count). The minimum Gasteiger partial charge on any atom is -1.00 e. The third kappa shape index (κ3) is 2.97. The fourth-order valence-electron chi connectivity index (χ4n) is 3.83. The van der Waals surface area contributed by atoms with Gasteiger partial charge in [-0.25, -0.2) is 0 Å². The smallest absolute Gasteiger partial charge is 0.262 e. The van der Waals surface area contributed by atoms with Gasteiger partial charge in [0.05, 0.1) is 0 Å². The molecule has 1 aliphatic heterocycles. The van der Waals surface area contributed by atoms with E-state index in [-0.39, 0.29) is 29.4 Å². The Hall–Kier alpha value is -1.40. The molecule has 0 saturated carbocycles. The van der Waals surface area contributed by atoms with Crippen molar-refractivity contribution < 1.29 is 28.5 Å². The molecular weight excluding hydrogens is 451 g/mol. The fourth-order valence-corrected chi connectivity index (χ4v) is 4.89. The lowest BCUT2D eigenvalue weighted by Crippen LogP contribution is -3.00. The van der Waals surface area contributed by atoms with E-state index in [1.54, 1.807) is 0 Å². The van der Waals surface area contributed by atoms with E-state index in [4.69, 9.17) is 0 Å². The first kappa shape index (κ1) is 19.4. The van der Waals surface area contributed by atoms with E-state index in [2.05, 4.69) is 99.0 Å². The second kappa shape index (κ2) is 6.97. The number of benzene rings is 2. The molecule has 4 heteroatoms. The molecule has 2 aromatic carbocycles. The predicted molar refractivity (Wildman–Crippen MR) is 109 cm³/mol. The minimum absolute atomic E-state index is 0. The molecule has 1 aliphatic rings. The van der Waals surface area contributed by atoms with Crippen LogP contribution in [-0.2, 0) is 12.5 Å². The number of nitrogens with zero attached hydrogens (tertiary/aromatic N) is 2. The first-order valence-corrected chi connectivity index (χ1v) is 9.64. The number of thiazole rings is 1. The minimum atomic E-state index is 0. The molecule has 3 aromatic rings. The highest BCUT2D eigenvalue weighted by molar-refractivity contribution is 7.18. The number of rotatable bonds is 2. The van der Waals surface area contributed by atoms with E-state index >= 15 is 0 Å². The van der Waals surface area contributed by atoms with E-state index in [1.165, 1.54) is 32.0 Å². The average Bonchev–Trinajstić information content (AvgIpc) is 3.02. The van der Waals surface area contributed by atoms with Gasteiger partial charge in [0, 0.05) is 36.3 Å². The van der Waals surface area contributed by atoms with Crippen LogP contribution in [0.1, 0.15) is 36.9 Å². The Morgan fingerprint density at radius 1 is 1.12 bits per heavy atom. The number of hydrogen-bond donors (Lipinski definition) is 0. The monoisotopic (exact) mass is 476 g/mol. The molecule has 0 bridgehead atoms. The van der Waals surface area contributed by atoms with Crippen molar-refractivity contribution in [2.24, 2.45) is 7.05 Å². The van der Waals surface area contributed by atoms with Gasteiger partial charge in [-0.1, -0.05) is 43.4 Å². The standard InChI is InChI=1S/C22H25N2S.HI/c1-15-22(2,3)17-14-16(10-12-18(17)23(15)4)11-13-21-24(5)19-8-6-7-9-20(19)25-21;/h6-15H,1-5H3;1H/q+1;/p-1. The van der Waals surface area contributed by atoms with E-state index in [0.717, 1.165) is 0 Å². The molecule has 26 heavy (non-hydrogen) atoms. The van der Waals surface area contributed by atoms with E-state index in [0.29, 0.717) is 6.04 Å². The third-order valence-corrected chi connectivity index (χ3v) is 7.09. The summed E-state index contributed by atoms with van der Waals surface area (Å²) in [5.74, 6) is 0. The highest BCUT2D eigenvalue weighted by atomic mass is 127. The van der Waals surface area contributed by atoms with Gasteiger partial charge in [0.1, 0.15) is 11.7 Å². The Bertz CT molecular complexity index is 987. The van der Waals surface area contributed by atoms with Gasteiger partial charge in [-0.3, -0.25) is 0 Å². The predicted octanol–water partition coefficient (Wildman–Crippen LogP) is 2.02. The van der Waals surface area contributed by atoms with Crippen molar-refractivity contribution in [2.45, 2.75) is 32.2 Å². The van der Waals surface area contributed by atoms with Crippen LogP contribution in [0, 0.1) is 0 Å². The lowest BCUT2D eigenvalue weighted by molar-refractivity contribution is -0.642. The fraction of sp³-hybridized carbons (Fsp3) is 0.318. The summed E-state index contributed by atoms with van der Waals surface area (Å²) in [5, 5.41) is 1.27. The highest BCUT2D eigenvalue weighted by Gasteiger charge is 2.39. The van der Waals surface area contributed by atoms with Crippen LogP contribution in [0.3, 0.4) is 0 Å². The summed E-state index contributed by atoms with van der Waals surface area (Å²) >= 11 is 1.84. The maximum atomic E-state index is 2.40. The van der Waals surface area contributed by atoms with Crippen molar-refractivity contribution >= 4 is 39.4 Å². The van der Waals surface area contributed by atoms with Crippen molar-refractivity contribution in [3.63, 3.8) is 0 Å². The normalized spacial score (nSPS) is 18.3. The molecule has 0 aliphatic carbocycles. The summed E-state index contributed by atoms with van der Waals surface area (Å²) in [6.07, 6.45) is 4.48. The molecule has 0 saturated heterocycles. The van der Waals surface area contributed by atoms with Crippen LogP contribution in [0.25, 0.3) is 22.4 Å². The molecule has 136 valence electrons. The summed E-state index contributed by atoms with van der Waals surface area (Å²) in [6.45, 7) is 7.01. The molecule has 1 atom stereocenters. The molecular formula is C22H25IN2S. The van der Waals surface area contributed by atoms with Gasteiger partial charge >= 0.3 is 0 Å². The Labute approximate surface area is 177 Å². The molecule has 0 fully saturated rings. The topological polar surface area (TPSA) is 7.12 Å². The first-order chi connectivity index (χ1) is 11.9. The summed E-state index contributed by atoms with van der Waals surface area (Å²) in [6, 6.07) is 15.9. The number of halogens is 1. The van der Waals surface area contributed by atoms with Gasteiger partial charge in [-0.15, -0.1) is 0 Å². The largest absolute Gasteiger partial charge is 1.00 e. The number of aromatic nitrogens is 1. The van der Waals surface area contributed by atoms with Crippen LogP contribution in [0.2, 0.25) is 0 Å². The van der Waals surface area contributed by atoms with Crippen LogP contribution in [0.15, 0.2) is 42.5 Å². The summed E-state index contributed by atoms with van der Waals surface area (Å²) in [7, 11) is 4.34. The van der Waals surface area contributed by atoms with Gasteiger partial charge in [0.15, 0.2) is 0 Å². The number of para-hydroxylation sites is 1. The molecule has 1 unspecified atom stereocenters. The van der Waals surface area contributed by atoms with Gasteiger partial charge in [-0.05, 0) is 42.3 Å². The summed E-state index contributed by atoms with van der Waals surface area (Å²) < 4.78 is 3.60. The van der Waals surface area contributed by atoms with Crippen LogP contribution < -0.4 is 33.4 Å². The van der Waals surface area contributed by atoms with E-state index < -0.39 is 0 Å². The molecule has 1 aromatic heterocycles. The van der Waals surface area contributed by atoms with Crippen LogP contribution in [-0.4, -0.2) is 13.1 Å². The molecule has 2 heterocycles. The second-order valence-electron chi connectivity index (χ2n) is 7.59. The van der Waals surface area contributed by atoms with E-state index in [1.807, 2.05) is 11.3 Å². The molecule has 0 amide bonds. The van der Waals surface area contributed by atoms with Crippen molar-refractivity contribution in [2.75, 3.05) is 11.9 Å². The van der Waals surface area contributed by atoms with Gasteiger partial charge in [-0.2, -0.15) is 4.57 Å². The maximum absolute atomic E-state index is 2.40. The molecule has 0 N–H and O–H groups in total. The number of likely N-dealkylation sites (N-methyl/N-ethyl adjacent to an activating group) is 1. The molecule has 0 radical (unpaired) electrons. The third-order valence-electron chi connectivity index (χ3n) is 5.91. The Balaban J connectivity index is 0.00000196. The quantitative estimate of drug-likeness (QED) is 0.406. The van der Waals surface area contributed by atoms with Crippen molar-refractivity contribution in [1.82, 2.24) is 0 Å². The zero-order chi connectivity index (χ0) is 17.8. The van der Waals surface area contributed by atoms with Crippen molar-refractivity contribution in [1.29, 1.82) is 0 Å². The van der Waals surface area contributed by atoms with Crippen molar-refractivity contribution in [3.8, 4) is 0 Å². The lowest BCUT2D eigenvalue weighted by atomic mass is 9.81. The molecule has 2 nitrogen and oxygen atoms in total. The second-order valence-corrected chi connectivity index (χ2v) is 8.65. The Morgan fingerprint density at radius 3 is 2.58 bits per heavy atom.